The molecule has 0 aromatic heterocycles. The highest BCUT2D eigenvalue weighted by atomic mass is 32.2. The summed E-state index contributed by atoms with van der Waals surface area (Å²) in [4.78, 5) is 25.6. The molecule has 0 heterocycles. The molecule has 0 saturated heterocycles. The Kier molecular flexibility index (Phi) is 12.6. The Hall–Kier alpha value is -0.520. The first-order chi connectivity index (χ1) is 12.5. The summed E-state index contributed by atoms with van der Waals surface area (Å²) in [6, 6.07) is -0.554. The van der Waals surface area contributed by atoms with Crippen LogP contribution in [-0.2, 0) is 20.8 Å². The summed E-state index contributed by atoms with van der Waals surface area (Å²) >= 11 is 0.765. The van der Waals surface area contributed by atoms with Gasteiger partial charge in [0.2, 0.25) is 0 Å². The summed E-state index contributed by atoms with van der Waals surface area (Å²) in [6.07, 6.45) is 11.0. The van der Waals surface area contributed by atoms with E-state index < -0.39 is 28.3 Å². The monoisotopic (exact) mass is 416 g/mol. The Morgan fingerprint density at radius 2 is 1.89 bits per heavy atom. The summed E-state index contributed by atoms with van der Waals surface area (Å²) in [5.41, 5.74) is -1.61. The van der Waals surface area contributed by atoms with Crippen molar-refractivity contribution in [2.45, 2.75) is 70.5 Å². The molecule has 0 aliphatic carbocycles. The summed E-state index contributed by atoms with van der Waals surface area (Å²) < 4.78 is 11.6. The molecule has 5 nitrogen and oxygen atoms in total. The SMILES string of the molecule is C#CCCC(=O)C(C)(C)N[C@@H](CC[S+](C)[O-])C(=O)C(C)(C)NCCCSC. The van der Waals surface area contributed by atoms with E-state index in [0.717, 1.165) is 18.7 Å². The van der Waals surface area contributed by atoms with Crippen molar-refractivity contribution in [3.63, 3.8) is 0 Å². The quantitative estimate of drug-likeness (QED) is 0.242. The normalized spacial score (nSPS) is 14.4. The predicted octanol–water partition coefficient (Wildman–Crippen LogP) is 2.16. The fourth-order valence-corrected chi connectivity index (χ4v) is 3.71. The average molecular weight is 417 g/mol. The Morgan fingerprint density at radius 3 is 2.41 bits per heavy atom. The van der Waals surface area contributed by atoms with E-state index in [9.17, 15) is 14.1 Å². The lowest BCUT2D eigenvalue weighted by Crippen LogP contribution is -2.61. The Morgan fingerprint density at radius 1 is 1.26 bits per heavy atom. The number of Topliss-reactive ketones (excluding diaryl/α,β-unsaturated/α-hetero) is 2. The number of terminal acetylenes is 1. The van der Waals surface area contributed by atoms with Gasteiger partial charge in [0.15, 0.2) is 11.6 Å². The number of thioether (sulfide) groups is 1. The fourth-order valence-electron chi connectivity index (χ4n) is 2.71. The first kappa shape index (κ1) is 26.5. The minimum Gasteiger partial charge on any atom is -0.617 e. The van der Waals surface area contributed by atoms with Crippen LogP contribution in [0.25, 0.3) is 0 Å². The van der Waals surface area contributed by atoms with Crippen LogP contribution in [-0.4, -0.2) is 63.8 Å². The van der Waals surface area contributed by atoms with Crippen LogP contribution in [0, 0.1) is 12.3 Å². The van der Waals surface area contributed by atoms with Gasteiger partial charge in [-0.05, 0) is 52.7 Å². The van der Waals surface area contributed by atoms with Gasteiger partial charge in [-0.3, -0.25) is 14.9 Å². The van der Waals surface area contributed by atoms with Gasteiger partial charge < -0.3 is 9.87 Å². The summed E-state index contributed by atoms with van der Waals surface area (Å²) in [7, 11) is 0. The van der Waals surface area contributed by atoms with E-state index in [1.165, 1.54) is 0 Å². The van der Waals surface area contributed by atoms with Gasteiger partial charge in [0.25, 0.3) is 0 Å². The number of rotatable bonds is 15. The second kappa shape index (κ2) is 12.8. The first-order valence-corrected chi connectivity index (χ1v) is 12.4. The average Bonchev–Trinajstić information content (AvgIpc) is 2.59. The molecule has 0 aromatic rings. The van der Waals surface area contributed by atoms with E-state index in [2.05, 4.69) is 22.8 Å². The lowest BCUT2D eigenvalue weighted by molar-refractivity contribution is -0.129. The molecule has 0 fully saturated rings. The molecule has 0 aliphatic heterocycles. The van der Waals surface area contributed by atoms with Crippen LogP contribution < -0.4 is 10.6 Å². The molecule has 2 N–H and O–H groups in total. The van der Waals surface area contributed by atoms with Crippen molar-refractivity contribution in [3.05, 3.63) is 0 Å². The van der Waals surface area contributed by atoms with Crippen LogP contribution in [0.1, 0.15) is 53.4 Å². The van der Waals surface area contributed by atoms with Crippen LogP contribution in [0.5, 0.6) is 0 Å². The Bertz CT molecular complexity index is 514. The van der Waals surface area contributed by atoms with Gasteiger partial charge >= 0.3 is 0 Å². The molecule has 0 bridgehead atoms. The summed E-state index contributed by atoms with van der Waals surface area (Å²) in [5.74, 6) is 3.87. The van der Waals surface area contributed by atoms with Crippen molar-refractivity contribution in [2.75, 3.05) is 30.6 Å². The van der Waals surface area contributed by atoms with Crippen molar-refractivity contribution in [3.8, 4) is 12.3 Å². The lowest BCUT2D eigenvalue weighted by atomic mass is 9.88. The maximum atomic E-state index is 13.2. The maximum Gasteiger partial charge on any atom is 0.169 e. The zero-order valence-corrected chi connectivity index (χ0v) is 19.3. The third kappa shape index (κ3) is 10.6. The highest BCUT2D eigenvalue weighted by Gasteiger charge is 2.38. The molecule has 2 atom stereocenters. The molecule has 0 aromatic carbocycles. The fraction of sp³-hybridized carbons (Fsp3) is 0.800. The Balaban J connectivity index is 5.18. The molecule has 0 saturated carbocycles. The highest BCUT2D eigenvalue weighted by Crippen LogP contribution is 2.17. The Labute approximate surface area is 172 Å². The molecule has 0 aliphatic rings. The van der Waals surface area contributed by atoms with Gasteiger partial charge in [0.05, 0.1) is 23.4 Å². The van der Waals surface area contributed by atoms with Gasteiger partial charge in [-0.1, -0.05) is 11.2 Å². The van der Waals surface area contributed by atoms with Crippen molar-refractivity contribution in [1.29, 1.82) is 0 Å². The lowest BCUT2D eigenvalue weighted by Gasteiger charge is -2.35. The van der Waals surface area contributed by atoms with Gasteiger partial charge in [0, 0.05) is 19.3 Å². The number of hydrogen-bond donors (Lipinski definition) is 2. The van der Waals surface area contributed by atoms with E-state index in [1.54, 1.807) is 31.9 Å². The van der Waals surface area contributed by atoms with E-state index >= 15 is 0 Å². The minimum absolute atomic E-state index is 0.0186. The van der Waals surface area contributed by atoms with Crippen molar-refractivity contribution in [2.24, 2.45) is 0 Å². The first-order valence-electron chi connectivity index (χ1n) is 9.30. The van der Waals surface area contributed by atoms with E-state index in [1.807, 2.05) is 13.8 Å². The molecular formula is C20H36N2O3S2. The maximum absolute atomic E-state index is 13.2. The van der Waals surface area contributed by atoms with Crippen LogP contribution >= 0.6 is 11.8 Å². The van der Waals surface area contributed by atoms with Gasteiger partial charge in [-0.2, -0.15) is 11.8 Å². The minimum atomic E-state index is -1.01. The van der Waals surface area contributed by atoms with E-state index in [-0.39, 0.29) is 18.0 Å². The van der Waals surface area contributed by atoms with Crippen LogP contribution in [0.4, 0.5) is 0 Å². The van der Waals surface area contributed by atoms with Crippen molar-refractivity contribution < 1.29 is 14.1 Å². The second-order valence-electron chi connectivity index (χ2n) is 7.78. The number of carbonyl (C=O) groups is 2. The van der Waals surface area contributed by atoms with Crippen LogP contribution in [0.2, 0.25) is 0 Å². The largest absolute Gasteiger partial charge is 0.617 e. The van der Waals surface area contributed by atoms with Gasteiger partial charge in [-0.15, -0.1) is 12.3 Å². The topological polar surface area (TPSA) is 81.3 Å². The molecule has 0 radical (unpaired) electrons. The highest BCUT2D eigenvalue weighted by molar-refractivity contribution is 7.98. The third-order valence-electron chi connectivity index (χ3n) is 4.45. The smallest absolute Gasteiger partial charge is 0.169 e. The van der Waals surface area contributed by atoms with Gasteiger partial charge in [0.1, 0.15) is 5.75 Å². The van der Waals surface area contributed by atoms with Crippen molar-refractivity contribution >= 4 is 34.5 Å². The molecule has 1 unspecified atom stereocenters. The van der Waals surface area contributed by atoms with Gasteiger partial charge in [-0.25, -0.2) is 0 Å². The van der Waals surface area contributed by atoms with Crippen molar-refractivity contribution in [1.82, 2.24) is 10.6 Å². The zero-order chi connectivity index (χ0) is 21.1. The molecule has 27 heavy (non-hydrogen) atoms. The number of hydrogen-bond acceptors (Lipinski definition) is 6. The summed E-state index contributed by atoms with van der Waals surface area (Å²) in [5, 5.41) is 6.54. The standard InChI is InChI=1S/C20H36N2O3S2/c1-8-9-11-17(23)19(2,3)22-16(12-15-27(7)25)18(24)20(4,5)21-13-10-14-26-6/h1,16,21-22H,9-15H2,2-7H3/t16-,27?/m0/s1. The predicted molar refractivity (Wildman–Crippen MR) is 118 cm³/mol. The molecule has 156 valence electrons. The second-order valence-corrected chi connectivity index (χ2v) is 10.3. The third-order valence-corrected chi connectivity index (χ3v) is 5.95. The molecule has 0 spiro atoms. The number of ketones is 2. The summed E-state index contributed by atoms with van der Waals surface area (Å²) in [6.45, 7) is 8.01. The van der Waals surface area contributed by atoms with Crippen LogP contribution in [0.15, 0.2) is 0 Å². The molecular weight excluding hydrogens is 380 g/mol. The van der Waals surface area contributed by atoms with E-state index in [0.29, 0.717) is 18.6 Å². The number of carbonyl (C=O) groups excluding carboxylic acids is 2. The van der Waals surface area contributed by atoms with E-state index in [4.69, 9.17) is 6.42 Å². The molecule has 0 amide bonds. The molecule has 7 heteroatoms. The zero-order valence-electron chi connectivity index (χ0n) is 17.6. The molecule has 0 rings (SSSR count). The van der Waals surface area contributed by atoms with Crippen LogP contribution in [0.3, 0.4) is 0 Å². The number of nitrogens with one attached hydrogen (secondary N) is 2.